The fourth-order valence-electron chi connectivity index (χ4n) is 4.23. The third-order valence-corrected chi connectivity index (χ3v) is 10.6. The highest BCUT2D eigenvalue weighted by atomic mass is 28.4. The molecule has 0 aromatic heterocycles. The molecular weight excluding hydrogens is 334 g/mol. The van der Waals surface area contributed by atoms with Gasteiger partial charge in [-0.2, -0.15) is 0 Å². The number of hydrogen-bond donors (Lipinski definition) is 1. The van der Waals surface area contributed by atoms with Crippen molar-refractivity contribution in [3.05, 3.63) is 60.7 Å². The highest BCUT2D eigenvalue weighted by Gasteiger charge is 2.50. The molecule has 1 aliphatic heterocycles. The van der Waals surface area contributed by atoms with Gasteiger partial charge in [0.25, 0.3) is 8.32 Å². The molecule has 1 unspecified atom stereocenters. The molecule has 0 spiro atoms. The number of nitrogens with one attached hydrogen (secondary N) is 1. The Kier molecular flexibility index (Phi) is 6.33. The minimum Gasteiger partial charge on any atom is -0.406 e. The molecule has 1 heterocycles. The van der Waals surface area contributed by atoms with Gasteiger partial charge in [-0.1, -0.05) is 94.3 Å². The van der Waals surface area contributed by atoms with Crippen molar-refractivity contribution in [2.45, 2.75) is 57.5 Å². The van der Waals surface area contributed by atoms with Gasteiger partial charge in [-0.15, -0.1) is 0 Å². The van der Waals surface area contributed by atoms with E-state index in [1.165, 1.54) is 36.1 Å². The summed E-state index contributed by atoms with van der Waals surface area (Å²) in [5.74, 6) is 0. The molecule has 2 nitrogen and oxygen atoms in total. The van der Waals surface area contributed by atoms with Crippen molar-refractivity contribution in [2.24, 2.45) is 0 Å². The molecule has 140 valence electrons. The molecule has 1 N–H and O–H groups in total. The first-order valence-corrected chi connectivity index (χ1v) is 11.9. The highest BCUT2D eigenvalue weighted by Crippen LogP contribution is 2.36. The van der Waals surface area contributed by atoms with Gasteiger partial charge in [-0.25, -0.2) is 0 Å². The highest BCUT2D eigenvalue weighted by molar-refractivity contribution is 6.99. The first-order chi connectivity index (χ1) is 12.5. The molecule has 0 saturated carbocycles. The summed E-state index contributed by atoms with van der Waals surface area (Å²) in [6.45, 7) is 8.96. The van der Waals surface area contributed by atoms with Crippen LogP contribution in [0, 0.1) is 0 Å². The number of rotatable bonds is 5. The predicted octanol–water partition coefficient (Wildman–Crippen LogP) is 4.10. The zero-order chi connectivity index (χ0) is 18.5. The molecule has 1 atom stereocenters. The van der Waals surface area contributed by atoms with E-state index in [2.05, 4.69) is 86.8 Å². The van der Waals surface area contributed by atoms with Crippen LogP contribution in [0.3, 0.4) is 0 Å². The zero-order valence-electron chi connectivity index (χ0n) is 16.5. The Morgan fingerprint density at radius 2 is 1.46 bits per heavy atom. The molecule has 2 aromatic rings. The largest absolute Gasteiger partial charge is 0.406 e. The fraction of sp³-hybridized carbons (Fsp3) is 0.478. The third-order valence-electron chi connectivity index (χ3n) is 5.58. The molecule has 2 aromatic carbocycles. The molecule has 1 fully saturated rings. The molecule has 3 rings (SSSR count). The summed E-state index contributed by atoms with van der Waals surface area (Å²) in [7, 11) is -2.39. The van der Waals surface area contributed by atoms with Crippen molar-refractivity contribution in [3.63, 3.8) is 0 Å². The monoisotopic (exact) mass is 367 g/mol. The summed E-state index contributed by atoms with van der Waals surface area (Å²) in [6.07, 6.45) is 5.15. The van der Waals surface area contributed by atoms with Gasteiger partial charge in [0.2, 0.25) is 0 Å². The maximum atomic E-state index is 7.04. The van der Waals surface area contributed by atoms with Gasteiger partial charge in [-0.3, -0.25) is 0 Å². The lowest BCUT2D eigenvalue weighted by Crippen LogP contribution is -2.67. The second-order valence-electron chi connectivity index (χ2n) is 8.47. The molecule has 0 amide bonds. The summed E-state index contributed by atoms with van der Waals surface area (Å²) in [5, 5.41) is 6.50. The minimum absolute atomic E-state index is 0.0560. The molecular formula is C23H33NOSi. The second-order valence-corrected chi connectivity index (χ2v) is 12.8. The Hall–Kier alpha value is -1.42. The van der Waals surface area contributed by atoms with Gasteiger partial charge in [0.1, 0.15) is 0 Å². The van der Waals surface area contributed by atoms with Crippen molar-refractivity contribution in [1.29, 1.82) is 0 Å². The summed E-state index contributed by atoms with van der Waals surface area (Å²) in [5.41, 5.74) is 0. The van der Waals surface area contributed by atoms with Gasteiger partial charge < -0.3 is 9.74 Å². The topological polar surface area (TPSA) is 21.3 Å². The third kappa shape index (κ3) is 4.11. The summed E-state index contributed by atoms with van der Waals surface area (Å²) in [4.78, 5) is 0. The van der Waals surface area contributed by atoms with Crippen LogP contribution in [0.4, 0.5) is 0 Å². The summed E-state index contributed by atoms with van der Waals surface area (Å²) in [6, 6.07) is 22.4. The van der Waals surface area contributed by atoms with E-state index in [0.717, 1.165) is 13.2 Å². The first kappa shape index (κ1) is 19.3. The average Bonchev–Trinajstić information content (AvgIpc) is 2.92. The van der Waals surface area contributed by atoms with E-state index < -0.39 is 8.32 Å². The van der Waals surface area contributed by atoms with Gasteiger partial charge in [0.15, 0.2) is 0 Å². The van der Waals surface area contributed by atoms with Crippen molar-refractivity contribution in [3.8, 4) is 0 Å². The minimum atomic E-state index is -2.39. The Balaban J connectivity index is 1.99. The molecule has 0 bridgehead atoms. The van der Waals surface area contributed by atoms with Crippen molar-refractivity contribution in [2.75, 3.05) is 13.2 Å². The van der Waals surface area contributed by atoms with E-state index >= 15 is 0 Å². The SMILES string of the molecule is CC(C)(C)[Si](OCC1CCCCCN1)(c1ccccc1)c1ccccc1. The molecule has 1 aliphatic rings. The van der Waals surface area contributed by atoms with Gasteiger partial charge in [0, 0.05) is 6.04 Å². The molecule has 3 heteroatoms. The maximum absolute atomic E-state index is 7.04. The average molecular weight is 368 g/mol. The normalized spacial score (nSPS) is 19.1. The Morgan fingerprint density at radius 3 is 2.00 bits per heavy atom. The van der Waals surface area contributed by atoms with Crippen LogP contribution in [-0.4, -0.2) is 27.5 Å². The Bertz CT molecular complexity index is 618. The summed E-state index contributed by atoms with van der Waals surface area (Å²) < 4.78 is 7.04. The van der Waals surface area contributed by atoms with Gasteiger partial charge in [0.05, 0.1) is 6.61 Å². The van der Waals surface area contributed by atoms with Crippen LogP contribution in [0.5, 0.6) is 0 Å². The van der Waals surface area contributed by atoms with Crippen LogP contribution in [0.1, 0.15) is 46.5 Å². The van der Waals surface area contributed by atoms with Crippen LogP contribution in [0.15, 0.2) is 60.7 Å². The van der Waals surface area contributed by atoms with Crippen LogP contribution in [0.2, 0.25) is 5.04 Å². The smallest absolute Gasteiger partial charge is 0.261 e. The van der Waals surface area contributed by atoms with E-state index in [4.69, 9.17) is 4.43 Å². The quantitative estimate of drug-likeness (QED) is 0.804. The van der Waals surface area contributed by atoms with Crippen LogP contribution >= 0.6 is 0 Å². The Labute approximate surface area is 160 Å². The van der Waals surface area contributed by atoms with Gasteiger partial charge in [-0.05, 0) is 34.8 Å². The van der Waals surface area contributed by atoms with Gasteiger partial charge >= 0.3 is 0 Å². The van der Waals surface area contributed by atoms with E-state index in [1.807, 2.05) is 0 Å². The maximum Gasteiger partial charge on any atom is 0.261 e. The van der Waals surface area contributed by atoms with Crippen LogP contribution in [0.25, 0.3) is 0 Å². The van der Waals surface area contributed by atoms with E-state index in [0.29, 0.717) is 6.04 Å². The lowest BCUT2D eigenvalue weighted by Gasteiger charge is -2.43. The van der Waals surface area contributed by atoms with Crippen molar-refractivity contribution in [1.82, 2.24) is 5.32 Å². The van der Waals surface area contributed by atoms with Crippen LogP contribution < -0.4 is 15.7 Å². The Morgan fingerprint density at radius 1 is 0.885 bits per heavy atom. The van der Waals surface area contributed by atoms with E-state index in [1.54, 1.807) is 0 Å². The lowest BCUT2D eigenvalue weighted by atomic mass is 10.1. The molecule has 1 saturated heterocycles. The standard InChI is InChI=1S/C23H33NOSi/c1-23(2,3)26(21-14-8-4-9-15-21,22-16-10-5-11-17-22)25-19-20-13-7-6-12-18-24-20/h4-5,8-11,14-17,20,24H,6-7,12-13,18-19H2,1-3H3. The molecule has 0 aliphatic carbocycles. The fourth-order valence-corrected chi connectivity index (χ4v) is 8.84. The number of hydrogen-bond acceptors (Lipinski definition) is 2. The second kappa shape index (κ2) is 8.51. The summed E-state index contributed by atoms with van der Waals surface area (Å²) >= 11 is 0. The molecule has 0 radical (unpaired) electrons. The molecule has 26 heavy (non-hydrogen) atoms. The van der Waals surface area contributed by atoms with E-state index in [9.17, 15) is 0 Å². The van der Waals surface area contributed by atoms with Crippen LogP contribution in [-0.2, 0) is 4.43 Å². The first-order valence-electron chi connectivity index (χ1n) is 10.0. The van der Waals surface area contributed by atoms with Crippen molar-refractivity contribution >= 4 is 18.7 Å². The number of benzene rings is 2. The van der Waals surface area contributed by atoms with E-state index in [-0.39, 0.29) is 5.04 Å². The lowest BCUT2D eigenvalue weighted by molar-refractivity contribution is 0.247. The zero-order valence-corrected chi connectivity index (χ0v) is 17.5. The van der Waals surface area contributed by atoms with Crippen molar-refractivity contribution < 1.29 is 4.43 Å². The predicted molar refractivity (Wildman–Crippen MR) is 114 cm³/mol.